The Hall–Kier alpha value is -0.810. The van der Waals surface area contributed by atoms with Gasteiger partial charge in [0.15, 0.2) is 0 Å². The van der Waals surface area contributed by atoms with Gasteiger partial charge >= 0.3 is 0 Å². The predicted octanol–water partition coefficient (Wildman–Crippen LogP) is 2.94. The van der Waals surface area contributed by atoms with Gasteiger partial charge in [0.2, 0.25) is 0 Å². The molecule has 0 saturated heterocycles. The fourth-order valence-corrected chi connectivity index (χ4v) is 2.05. The van der Waals surface area contributed by atoms with Crippen LogP contribution in [-0.4, -0.2) is 19.5 Å². The molecule has 0 aliphatic carbocycles. The molecule has 0 radical (unpaired) electrons. The molecule has 0 heterocycles. The number of hydrogen-bond acceptors (Lipinski definition) is 3. The minimum absolute atomic E-state index is 0.00361. The summed E-state index contributed by atoms with van der Waals surface area (Å²) in [6.07, 6.45) is -2.49. The maximum absolute atomic E-state index is 12.6. The molecular weight excluding hydrogens is 220 g/mol. The molecule has 0 unspecified atom stereocenters. The molecule has 1 aromatic rings. The Morgan fingerprint density at radius 2 is 2.20 bits per heavy atom. The first-order chi connectivity index (χ1) is 7.15. The number of halogens is 2. The first-order valence-electron chi connectivity index (χ1n) is 4.44. The lowest BCUT2D eigenvalue weighted by Crippen LogP contribution is -1.96. The number of rotatable bonds is 5. The van der Waals surface area contributed by atoms with E-state index in [1.807, 2.05) is 0 Å². The molecule has 2 nitrogen and oxygen atoms in total. The number of methoxy groups -OCH3 is 1. The zero-order valence-electron chi connectivity index (χ0n) is 8.37. The van der Waals surface area contributed by atoms with Crippen LogP contribution in [0.2, 0.25) is 0 Å². The second-order valence-corrected chi connectivity index (χ2v) is 4.08. The minimum atomic E-state index is -2.49. The Bertz CT molecular complexity index is 320. The van der Waals surface area contributed by atoms with Crippen molar-refractivity contribution in [2.24, 2.45) is 0 Å². The standard InChI is InChI=1S/C10H13F2NOS/c1-14-4-5-15-9-3-2-7(13)6-8(9)10(11)12/h2-3,6,10H,4-5,13H2,1H3. The maximum atomic E-state index is 12.6. The summed E-state index contributed by atoms with van der Waals surface area (Å²) in [6, 6.07) is 4.57. The van der Waals surface area contributed by atoms with Crippen LogP contribution in [0.5, 0.6) is 0 Å². The average Bonchev–Trinajstić information content (AvgIpc) is 2.20. The summed E-state index contributed by atoms with van der Waals surface area (Å²) in [5.74, 6) is 0.653. The maximum Gasteiger partial charge on any atom is 0.265 e. The lowest BCUT2D eigenvalue weighted by Gasteiger charge is -2.08. The van der Waals surface area contributed by atoms with Crippen LogP contribution >= 0.6 is 11.8 Å². The molecule has 0 bridgehead atoms. The molecule has 5 heteroatoms. The third-order valence-electron chi connectivity index (χ3n) is 1.81. The van der Waals surface area contributed by atoms with Gasteiger partial charge in [0, 0.05) is 29.0 Å². The summed E-state index contributed by atoms with van der Waals surface area (Å²) in [6.45, 7) is 0.539. The Balaban J connectivity index is 2.77. The number of anilines is 1. The average molecular weight is 233 g/mol. The number of alkyl halides is 2. The van der Waals surface area contributed by atoms with Gasteiger partial charge in [-0.1, -0.05) is 0 Å². The van der Waals surface area contributed by atoms with Crippen molar-refractivity contribution >= 4 is 17.4 Å². The number of nitrogens with two attached hydrogens (primary N) is 1. The Kier molecular flexibility index (Phi) is 4.84. The van der Waals surface area contributed by atoms with Crippen LogP contribution in [0.15, 0.2) is 23.1 Å². The smallest absolute Gasteiger partial charge is 0.265 e. The van der Waals surface area contributed by atoms with E-state index in [9.17, 15) is 8.78 Å². The highest BCUT2D eigenvalue weighted by molar-refractivity contribution is 7.99. The summed E-state index contributed by atoms with van der Waals surface area (Å²) in [4.78, 5) is 0.566. The molecule has 15 heavy (non-hydrogen) atoms. The third-order valence-corrected chi connectivity index (χ3v) is 2.87. The van der Waals surface area contributed by atoms with E-state index in [1.165, 1.54) is 17.8 Å². The van der Waals surface area contributed by atoms with Crippen LogP contribution < -0.4 is 5.73 Å². The van der Waals surface area contributed by atoms with Gasteiger partial charge in [0.05, 0.1) is 6.61 Å². The zero-order valence-corrected chi connectivity index (χ0v) is 9.19. The van der Waals surface area contributed by atoms with Crippen LogP contribution in [0.25, 0.3) is 0 Å². The molecule has 0 saturated carbocycles. The molecule has 0 amide bonds. The highest BCUT2D eigenvalue weighted by atomic mass is 32.2. The highest BCUT2D eigenvalue weighted by Gasteiger charge is 2.13. The van der Waals surface area contributed by atoms with Crippen LogP contribution in [-0.2, 0) is 4.74 Å². The molecule has 0 spiro atoms. The van der Waals surface area contributed by atoms with Gasteiger partial charge in [0.25, 0.3) is 6.43 Å². The summed E-state index contributed by atoms with van der Waals surface area (Å²) in [7, 11) is 1.58. The highest BCUT2D eigenvalue weighted by Crippen LogP contribution is 2.31. The van der Waals surface area contributed by atoms with E-state index in [0.717, 1.165) is 0 Å². The van der Waals surface area contributed by atoms with E-state index >= 15 is 0 Å². The Morgan fingerprint density at radius 1 is 1.47 bits per heavy atom. The van der Waals surface area contributed by atoms with Crippen molar-refractivity contribution in [2.75, 3.05) is 25.2 Å². The van der Waals surface area contributed by atoms with Crippen LogP contribution in [0.1, 0.15) is 12.0 Å². The molecule has 84 valence electrons. The zero-order chi connectivity index (χ0) is 11.3. The molecule has 2 N–H and O–H groups in total. The number of ether oxygens (including phenoxy) is 1. The quantitative estimate of drug-likeness (QED) is 0.482. The van der Waals surface area contributed by atoms with E-state index in [-0.39, 0.29) is 5.56 Å². The van der Waals surface area contributed by atoms with Gasteiger partial charge in [-0.25, -0.2) is 8.78 Å². The molecule has 0 aliphatic rings. The fourth-order valence-electron chi connectivity index (χ4n) is 1.10. The largest absolute Gasteiger partial charge is 0.399 e. The van der Waals surface area contributed by atoms with Crippen molar-refractivity contribution in [1.82, 2.24) is 0 Å². The molecule has 0 aliphatic heterocycles. The number of benzene rings is 1. The number of thioether (sulfide) groups is 1. The summed E-state index contributed by atoms with van der Waals surface area (Å²) in [5.41, 5.74) is 5.81. The number of hydrogen-bond donors (Lipinski definition) is 1. The lowest BCUT2D eigenvalue weighted by molar-refractivity contribution is 0.148. The van der Waals surface area contributed by atoms with Gasteiger partial charge in [0.1, 0.15) is 0 Å². The van der Waals surface area contributed by atoms with Gasteiger partial charge < -0.3 is 10.5 Å². The fraction of sp³-hybridized carbons (Fsp3) is 0.400. The molecule has 0 aromatic heterocycles. The van der Waals surface area contributed by atoms with Crippen LogP contribution in [0.3, 0.4) is 0 Å². The number of nitrogen functional groups attached to an aromatic ring is 1. The summed E-state index contributed by atoms with van der Waals surface area (Å²) < 4.78 is 30.1. The molecular formula is C10H13F2NOS. The normalized spacial score (nSPS) is 10.9. The van der Waals surface area contributed by atoms with Crippen LogP contribution in [0, 0.1) is 0 Å². The van der Waals surface area contributed by atoms with Crippen molar-refractivity contribution in [1.29, 1.82) is 0 Å². The molecule has 0 fully saturated rings. The van der Waals surface area contributed by atoms with E-state index in [2.05, 4.69) is 0 Å². The van der Waals surface area contributed by atoms with Crippen molar-refractivity contribution in [3.63, 3.8) is 0 Å². The van der Waals surface area contributed by atoms with Crippen molar-refractivity contribution in [3.05, 3.63) is 23.8 Å². The monoisotopic (exact) mass is 233 g/mol. The molecule has 0 atom stereocenters. The van der Waals surface area contributed by atoms with Gasteiger partial charge in [-0.05, 0) is 18.2 Å². The Morgan fingerprint density at radius 3 is 2.80 bits per heavy atom. The SMILES string of the molecule is COCCSc1ccc(N)cc1C(F)F. The second-order valence-electron chi connectivity index (χ2n) is 2.94. The predicted molar refractivity (Wildman–Crippen MR) is 58.4 cm³/mol. The third kappa shape index (κ3) is 3.68. The van der Waals surface area contributed by atoms with E-state index < -0.39 is 6.43 Å². The lowest BCUT2D eigenvalue weighted by atomic mass is 10.2. The summed E-state index contributed by atoms with van der Waals surface area (Å²) >= 11 is 1.35. The van der Waals surface area contributed by atoms with Gasteiger partial charge in [-0.3, -0.25) is 0 Å². The molecule has 1 aromatic carbocycles. The van der Waals surface area contributed by atoms with E-state index in [1.54, 1.807) is 19.2 Å². The summed E-state index contributed by atoms with van der Waals surface area (Å²) in [5, 5.41) is 0. The second kappa shape index (κ2) is 5.92. The van der Waals surface area contributed by atoms with Crippen molar-refractivity contribution < 1.29 is 13.5 Å². The van der Waals surface area contributed by atoms with Crippen molar-refractivity contribution in [3.8, 4) is 0 Å². The van der Waals surface area contributed by atoms with Crippen molar-refractivity contribution in [2.45, 2.75) is 11.3 Å². The molecule has 1 rings (SSSR count). The van der Waals surface area contributed by atoms with Gasteiger partial charge in [-0.15, -0.1) is 11.8 Å². The first kappa shape index (κ1) is 12.3. The topological polar surface area (TPSA) is 35.2 Å². The van der Waals surface area contributed by atoms with E-state index in [0.29, 0.717) is 22.9 Å². The van der Waals surface area contributed by atoms with E-state index in [4.69, 9.17) is 10.5 Å². The Labute approximate surface area is 91.8 Å². The first-order valence-corrected chi connectivity index (χ1v) is 5.43. The minimum Gasteiger partial charge on any atom is -0.399 e. The van der Waals surface area contributed by atoms with Crippen LogP contribution in [0.4, 0.5) is 14.5 Å². The van der Waals surface area contributed by atoms with Gasteiger partial charge in [-0.2, -0.15) is 0 Å².